The first-order valence-electron chi connectivity index (χ1n) is 10.1. The summed E-state index contributed by atoms with van der Waals surface area (Å²) in [4.78, 5) is 29.6. The fraction of sp³-hybridized carbons (Fsp3) is 0.304. The first-order chi connectivity index (χ1) is 14.5. The van der Waals surface area contributed by atoms with Crippen molar-refractivity contribution in [3.8, 4) is 0 Å². The minimum absolute atomic E-state index is 0.354. The van der Waals surface area contributed by atoms with Crippen molar-refractivity contribution in [3.63, 3.8) is 0 Å². The number of anilines is 2. The van der Waals surface area contributed by atoms with Crippen LogP contribution in [0.2, 0.25) is 5.02 Å². The monoisotopic (exact) mass is 426 g/mol. The van der Waals surface area contributed by atoms with Crippen LogP contribution in [0.3, 0.4) is 0 Å². The standard InChI is InChI=1S/C23H27ClN4O2/c1-3-4-13-28(2)19-8-6-18(7-9-19)27-23(30)22(29)25-12-11-16-15-26-21-10-5-17(24)14-20(16)21/h5-10,14-15,26H,3-4,11-13H2,1-2H3,(H,25,29)(H,27,30). The van der Waals surface area contributed by atoms with Gasteiger partial charge in [0, 0.05) is 53.6 Å². The van der Waals surface area contributed by atoms with Gasteiger partial charge in [-0.05, 0) is 60.9 Å². The quantitative estimate of drug-likeness (QED) is 0.468. The van der Waals surface area contributed by atoms with Crippen LogP contribution in [0.25, 0.3) is 10.9 Å². The van der Waals surface area contributed by atoms with Gasteiger partial charge in [0.15, 0.2) is 0 Å². The molecule has 0 saturated carbocycles. The van der Waals surface area contributed by atoms with Gasteiger partial charge in [0.25, 0.3) is 0 Å². The lowest BCUT2D eigenvalue weighted by molar-refractivity contribution is -0.136. The molecule has 0 radical (unpaired) electrons. The minimum atomic E-state index is -0.677. The number of hydrogen-bond donors (Lipinski definition) is 3. The SMILES string of the molecule is CCCCN(C)c1ccc(NC(=O)C(=O)NCCc2c[nH]c3ccc(Cl)cc23)cc1. The van der Waals surface area contributed by atoms with Gasteiger partial charge in [-0.15, -0.1) is 0 Å². The molecule has 3 N–H and O–H groups in total. The summed E-state index contributed by atoms with van der Waals surface area (Å²) in [6, 6.07) is 13.1. The zero-order chi connectivity index (χ0) is 21.5. The number of hydrogen-bond acceptors (Lipinski definition) is 3. The van der Waals surface area contributed by atoms with Crippen LogP contribution in [-0.2, 0) is 16.0 Å². The third-order valence-corrected chi connectivity index (χ3v) is 5.26. The van der Waals surface area contributed by atoms with E-state index in [0.717, 1.165) is 41.5 Å². The highest BCUT2D eigenvalue weighted by Crippen LogP contribution is 2.22. The molecule has 3 rings (SSSR count). The van der Waals surface area contributed by atoms with Gasteiger partial charge in [-0.3, -0.25) is 9.59 Å². The van der Waals surface area contributed by atoms with Crippen molar-refractivity contribution in [2.45, 2.75) is 26.2 Å². The Morgan fingerprint density at radius 2 is 1.87 bits per heavy atom. The van der Waals surface area contributed by atoms with E-state index in [1.54, 1.807) is 12.1 Å². The lowest BCUT2D eigenvalue weighted by Crippen LogP contribution is -2.36. The second-order valence-electron chi connectivity index (χ2n) is 7.29. The Balaban J connectivity index is 1.48. The normalized spacial score (nSPS) is 10.8. The van der Waals surface area contributed by atoms with E-state index in [-0.39, 0.29) is 0 Å². The van der Waals surface area contributed by atoms with Crippen molar-refractivity contribution in [2.24, 2.45) is 0 Å². The molecule has 1 aromatic heterocycles. The van der Waals surface area contributed by atoms with Gasteiger partial charge in [-0.2, -0.15) is 0 Å². The highest BCUT2D eigenvalue weighted by Gasteiger charge is 2.14. The zero-order valence-electron chi connectivity index (χ0n) is 17.3. The summed E-state index contributed by atoms with van der Waals surface area (Å²) in [5.74, 6) is -1.33. The van der Waals surface area contributed by atoms with Crippen LogP contribution in [0.15, 0.2) is 48.7 Å². The molecule has 0 aliphatic heterocycles. The molecule has 7 heteroatoms. The molecule has 6 nitrogen and oxygen atoms in total. The van der Waals surface area contributed by atoms with Gasteiger partial charge in [0.2, 0.25) is 0 Å². The number of fused-ring (bicyclic) bond motifs is 1. The summed E-state index contributed by atoms with van der Waals surface area (Å²) in [6.07, 6.45) is 4.76. The summed E-state index contributed by atoms with van der Waals surface area (Å²) in [5.41, 5.74) is 3.69. The highest BCUT2D eigenvalue weighted by atomic mass is 35.5. The van der Waals surface area contributed by atoms with E-state index in [2.05, 4.69) is 27.4 Å². The van der Waals surface area contributed by atoms with E-state index in [1.807, 2.05) is 43.6 Å². The topological polar surface area (TPSA) is 77.2 Å². The van der Waals surface area contributed by atoms with E-state index in [9.17, 15) is 9.59 Å². The molecule has 3 aromatic rings. The second kappa shape index (κ2) is 10.2. The van der Waals surface area contributed by atoms with Gasteiger partial charge in [-0.1, -0.05) is 24.9 Å². The number of amides is 2. The molecule has 0 aliphatic rings. The summed E-state index contributed by atoms with van der Waals surface area (Å²) < 4.78 is 0. The Labute approximate surface area is 181 Å². The number of nitrogens with one attached hydrogen (secondary N) is 3. The number of H-pyrrole nitrogens is 1. The average Bonchev–Trinajstić information content (AvgIpc) is 3.14. The summed E-state index contributed by atoms with van der Waals surface area (Å²) in [7, 11) is 2.04. The maximum absolute atomic E-state index is 12.2. The first-order valence-corrected chi connectivity index (χ1v) is 10.5. The maximum atomic E-state index is 12.2. The number of carbonyl (C=O) groups is 2. The molecule has 0 unspecified atom stereocenters. The maximum Gasteiger partial charge on any atom is 0.313 e. The molecule has 30 heavy (non-hydrogen) atoms. The van der Waals surface area contributed by atoms with E-state index in [4.69, 9.17) is 11.6 Å². The molecular formula is C23H27ClN4O2. The summed E-state index contributed by atoms with van der Waals surface area (Å²) in [5, 5.41) is 6.99. The van der Waals surface area contributed by atoms with Crippen LogP contribution in [0, 0.1) is 0 Å². The third-order valence-electron chi connectivity index (χ3n) is 5.03. The fourth-order valence-corrected chi connectivity index (χ4v) is 3.43. The molecule has 2 aromatic carbocycles. The fourth-order valence-electron chi connectivity index (χ4n) is 3.26. The average molecular weight is 427 g/mol. The molecule has 0 saturated heterocycles. The van der Waals surface area contributed by atoms with Gasteiger partial charge in [0.05, 0.1) is 0 Å². The Bertz CT molecular complexity index is 1010. The van der Waals surface area contributed by atoms with Gasteiger partial charge in [0.1, 0.15) is 0 Å². The lowest BCUT2D eigenvalue weighted by atomic mass is 10.1. The number of aromatic nitrogens is 1. The Hall–Kier alpha value is -2.99. The molecule has 158 valence electrons. The van der Waals surface area contributed by atoms with E-state index in [1.165, 1.54) is 0 Å². The molecule has 0 aliphatic carbocycles. The van der Waals surface area contributed by atoms with Crippen LogP contribution in [0.4, 0.5) is 11.4 Å². The number of halogens is 1. The molecule has 0 fully saturated rings. The summed E-state index contributed by atoms with van der Waals surface area (Å²) >= 11 is 6.06. The minimum Gasteiger partial charge on any atom is -0.375 e. The Morgan fingerprint density at radius 1 is 1.10 bits per heavy atom. The van der Waals surface area contributed by atoms with E-state index < -0.39 is 11.8 Å². The molecule has 0 spiro atoms. The number of carbonyl (C=O) groups excluding carboxylic acids is 2. The first kappa shape index (κ1) is 21.7. The smallest absolute Gasteiger partial charge is 0.313 e. The third kappa shape index (κ3) is 5.54. The van der Waals surface area contributed by atoms with Crippen molar-refractivity contribution in [1.29, 1.82) is 0 Å². The van der Waals surface area contributed by atoms with Gasteiger partial charge < -0.3 is 20.5 Å². The zero-order valence-corrected chi connectivity index (χ0v) is 18.1. The van der Waals surface area contributed by atoms with E-state index >= 15 is 0 Å². The van der Waals surface area contributed by atoms with Crippen molar-refractivity contribution in [1.82, 2.24) is 10.3 Å². The van der Waals surface area contributed by atoms with Crippen LogP contribution in [0.5, 0.6) is 0 Å². The van der Waals surface area contributed by atoms with Gasteiger partial charge in [-0.25, -0.2) is 0 Å². The van der Waals surface area contributed by atoms with Crippen molar-refractivity contribution in [3.05, 3.63) is 59.2 Å². The lowest BCUT2D eigenvalue weighted by Gasteiger charge is -2.19. The highest BCUT2D eigenvalue weighted by molar-refractivity contribution is 6.39. The molecule has 1 heterocycles. The second-order valence-corrected chi connectivity index (χ2v) is 7.72. The summed E-state index contributed by atoms with van der Waals surface area (Å²) in [6.45, 7) is 3.49. The Kier molecular flexibility index (Phi) is 7.36. The molecule has 0 atom stereocenters. The van der Waals surface area contributed by atoms with Crippen molar-refractivity contribution < 1.29 is 9.59 Å². The number of rotatable bonds is 8. The van der Waals surface area contributed by atoms with Crippen LogP contribution >= 0.6 is 11.6 Å². The molecule has 0 bridgehead atoms. The van der Waals surface area contributed by atoms with Crippen LogP contribution < -0.4 is 15.5 Å². The molecule has 2 amide bonds. The Morgan fingerprint density at radius 3 is 2.60 bits per heavy atom. The van der Waals surface area contributed by atoms with Crippen LogP contribution in [-0.4, -0.2) is 36.9 Å². The molecular weight excluding hydrogens is 400 g/mol. The number of unbranched alkanes of at least 4 members (excludes halogenated alkanes) is 1. The van der Waals surface area contributed by atoms with Crippen molar-refractivity contribution >= 4 is 45.7 Å². The predicted octanol–water partition coefficient (Wildman–Crippen LogP) is 4.36. The van der Waals surface area contributed by atoms with Gasteiger partial charge >= 0.3 is 11.8 Å². The van der Waals surface area contributed by atoms with Crippen molar-refractivity contribution in [2.75, 3.05) is 30.4 Å². The van der Waals surface area contributed by atoms with E-state index in [0.29, 0.717) is 23.7 Å². The number of nitrogens with zero attached hydrogens (tertiary/aromatic N) is 1. The number of aromatic amines is 1. The number of benzene rings is 2. The van der Waals surface area contributed by atoms with Crippen LogP contribution in [0.1, 0.15) is 25.3 Å². The largest absolute Gasteiger partial charge is 0.375 e. The predicted molar refractivity (Wildman–Crippen MR) is 123 cm³/mol.